The molecular formula is C17H15BrN6OS. The van der Waals surface area contributed by atoms with Gasteiger partial charge in [0.1, 0.15) is 0 Å². The van der Waals surface area contributed by atoms with Gasteiger partial charge in [0, 0.05) is 23.3 Å². The number of carbonyl (C=O) groups excluding carboxylic acids is 1. The van der Waals surface area contributed by atoms with Gasteiger partial charge in [-0.25, -0.2) is 5.43 Å². The predicted octanol–water partition coefficient (Wildman–Crippen LogP) is 2.88. The molecule has 3 aromatic rings. The first kappa shape index (κ1) is 18.3. The zero-order valence-electron chi connectivity index (χ0n) is 13.8. The Hall–Kier alpha value is -2.52. The summed E-state index contributed by atoms with van der Waals surface area (Å²) in [7, 11) is 1.87. The molecule has 2 heterocycles. The number of aromatic nitrogens is 4. The second kappa shape index (κ2) is 8.72. The van der Waals surface area contributed by atoms with Gasteiger partial charge in [-0.3, -0.25) is 9.78 Å². The van der Waals surface area contributed by atoms with Gasteiger partial charge in [0.25, 0.3) is 5.91 Å². The second-order valence-electron chi connectivity index (χ2n) is 5.21. The van der Waals surface area contributed by atoms with Crippen LogP contribution in [0, 0.1) is 0 Å². The van der Waals surface area contributed by atoms with Crippen molar-refractivity contribution in [2.75, 3.05) is 5.75 Å². The van der Waals surface area contributed by atoms with Crippen LogP contribution in [0.15, 0.2) is 63.4 Å². The van der Waals surface area contributed by atoms with Gasteiger partial charge < -0.3 is 4.57 Å². The molecule has 9 heteroatoms. The van der Waals surface area contributed by atoms with Crippen LogP contribution >= 0.6 is 27.7 Å². The van der Waals surface area contributed by atoms with E-state index in [2.05, 4.69) is 41.6 Å². The van der Waals surface area contributed by atoms with Gasteiger partial charge in [0.15, 0.2) is 11.0 Å². The third kappa shape index (κ3) is 4.77. The molecule has 0 atom stereocenters. The van der Waals surface area contributed by atoms with Crippen LogP contribution in [0.1, 0.15) is 5.69 Å². The van der Waals surface area contributed by atoms with E-state index in [0.29, 0.717) is 10.9 Å². The minimum absolute atomic E-state index is 0.185. The Labute approximate surface area is 163 Å². The highest BCUT2D eigenvalue weighted by Gasteiger charge is 2.12. The van der Waals surface area contributed by atoms with Crippen LogP contribution in [0.5, 0.6) is 0 Å². The van der Waals surface area contributed by atoms with E-state index in [1.54, 1.807) is 12.3 Å². The Morgan fingerprint density at radius 3 is 2.96 bits per heavy atom. The molecule has 0 bridgehead atoms. The summed E-state index contributed by atoms with van der Waals surface area (Å²) in [5.41, 5.74) is 4.10. The van der Waals surface area contributed by atoms with Crippen LogP contribution in [0.25, 0.3) is 11.4 Å². The Morgan fingerprint density at radius 2 is 2.19 bits per heavy atom. The van der Waals surface area contributed by atoms with Crippen molar-refractivity contribution in [3.8, 4) is 11.4 Å². The van der Waals surface area contributed by atoms with Gasteiger partial charge in [-0.15, -0.1) is 10.2 Å². The summed E-state index contributed by atoms with van der Waals surface area (Å²) >= 11 is 4.75. The summed E-state index contributed by atoms with van der Waals surface area (Å²) in [5.74, 6) is 0.695. The molecule has 0 saturated carbocycles. The van der Waals surface area contributed by atoms with Crippen molar-refractivity contribution in [3.63, 3.8) is 0 Å². The lowest BCUT2D eigenvalue weighted by Gasteiger charge is -2.04. The lowest BCUT2D eigenvalue weighted by atomic mass is 10.2. The van der Waals surface area contributed by atoms with E-state index in [1.165, 1.54) is 18.0 Å². The molecule has 0 radical (unpaired) electrons. The van der Waals surface area contributed by atoms with Crippen LogP contribution in [0.4, 0.5) is 0 Å². The highest BCUT2D eigenvalue weighted by atomic mass is 79.9. The fourth-order valence-electron chi connectivity index (χ4n) is 2.10. The highest BCUT2D eigenvalue weighted by molar-refractivity contribution is 9.10. The Morgan fingerprint density at radius 1 is 1.31 bits per heavy atom. The van der Waals surface area contributed by atoms with Crippen molar-refractivity contribution in [3.05, 3.63) is 58.8 Å². The summed E-state index contributed by atoms with van der Waals surface area (Å²) in [6, 6.07) is 13.3. The Kier molecular flexibility index (Phi) is 6.13. The molecule has 0 aliphatic heterocycles. The number of thioether (sulfide) groups is 1. The predicted molar refractivity (Wildman–Crippen MR) is 105 cm³/mol. The number of rotatable bonds is 6. The number of hydrazone groups is 1. The number of hydrogen-bond acceptors (Lipinski definition) is 6. The van der Waals surface area contributed by atoms with Crippen molar-refractivity contribution >= 4 is 39.8 Å². The van der Waals surface area contributed by atoms with Crippen molar-refractivity contribution in [2.24, 2.45) is 12.1 Å². The summed E-state index contributed by atoms with van der Waals surface area (Å²) in [4.78, 5) is 16.0. The van der Waals surface area contributed by atoms with Crippen molar-refractivity contribution in [2.45, 2.75) is 5.16 Å². The normalized spacial score (nSPS) is 11.0. The molecule has 1 amide bonds. The van der Waals surface area contributed by atoms with Crippen molar-refractivity contribution in [1.29, 1.82) is 0 Å². The quantitative estimate of drug-likeness (QED) is 0.369. The summed E-state index contributed by atoms with van der Waals surface area (Å²) in [5, 5.41) is 12.9. The number of nitrogens with one attached hydrogen (secondary N) is 1. The minimum Gasteiger partial charge on any atom is -0.305 e. The topological polar surface area (TPSA) is 85.1 Å². The molecule has 7 nitrogen and oxygen atoms in total. The van der Waals surface area contributed by atoms with Crippen molar-refractivity contribution in [1.82, 2.24) is 25.2 Å². The molecule has 0 aliphatic rings. The molecular weight excluding hydrogens is 416 g/mol. The summed E-state index contributed by atoms with van der Waals surface area (Å²) in [6.45, 7) is 0. The van der Waals surface area contributed by atoms with Gasteiger partial charge in [0.05, 0.1) is 17.7 Å². The number of benzene rings is 1. The fraction of sp³-hybridized carbons (Fsp3) is 0.118. The van der Waals surface area contributed by atoms with Gasteiger partial charge in [-0.2, -0.15) is 5.10 Å². The van der Waals surface area contributed by atoms with Gasteiger partial charge >= 0.3 is 0 Å². The first-order chi connectivity index (χ1) is 12.6. The number of amides is 1. The Balaban J connectivity index is 1.56. The maximum absolute atomic E-state index is 11.9. The number of pyridine rings is 1. The van der Waals surface area contributed by atoms with Gasteiger partial charge in [-0.05, 0) is 24.3 Å². The molecule has 132 valence electrons. The third-order valence-electron chi connectivity index (χ3n) is 3.32. The van der Waals surface area contributed by atoms with Crippen LogP contribution in [-0.2, 0) is 11.8 Å². The molecule has 0 fully saturated rings. The van der Waals surface area contributed by atoms with Crippen LogP contribution in [0.3, 0.4) is 0 Å². The molecule has 3 rings (SSSR count). The van der Waals surface area contributed by atoms with E-state index in [4.69, 9.17) is 0 Å². The number of carbonyl (C=O) groups is 1. The number of halogens is 1. The molecule has 1 N–H and O–H groups in total. The number of hydrogen-bond donors (Lipinski definition) is 1. The molecule has 1 aromatic carbocycles. The van der Waals surface area contributed by atoms with Gasteiger partial charge in [0.2, 0.25) is 0 Å². The molecule has 0 aliphatic carbocycles. The summed E-state index contributed by atoms with van der Waals surface area (Å²) in [6.07, 6.45) is 3.16. The molecule has 2 aromatic heterocycles. The van der Waals surface area contributed by atoms with Crippen LogP contribution < -0.4 is 5.43 Å². The zero-order chi connectivity index (χ0) is 18.4. The summed E-state index contributed by atoms with van der Waals surface area (Å²) < 4.78 is 2.83. The minimum atomic E-state index is -0.228. The Bertz CT molecular complexity index is 928. The zero-order valence-corrected chi connectivity index (χ0v) is 16.2. The smallest absolute Gasteiger partial charge is 0.250 e. The van der Waals surface area contributed by atoms with E-state index < -0.39 is 0 Å². The first-order valence-electron chi connectivity index (χ1n) is 7.64. The van der Waals surface area contributed by atoms with E-state index in [1.807, 2.05) is 48.0 Å². The molecule has 0 unspecified atom stereocenters. The number of nitrogens with zero attached hydrogens (tertiary/aromatic N) is 5. The largest absolute Gasteiger partial charge is 0.305 e. The molecule has 26 heavy (non-hydrogen) atoms. The van der Waals surface area contributed by atoms with E-state index >= 15 is 0 Å². The maximum atomic E-state index is 11.9. The van der Waals surface area contributed by atoms with Crippen LogP contribution in [0.2, 0.25) is 0 Å². The van der Waals surface area contributed by atoms with E-state index in [0.717, 1.165) is 15.9 Å². The average Bonchev–Trinajstić information content (AvgIpc) is 3.01. The van der Waals surface area contributed by atoms with Crippen LogP contribution in [-0.4, -0.2) is 37.6 Å². The highest BCUT2D eigenvalue weighted by Crippen LogP contribution is 2.24. The van der Waals surface area contributed by atoms with Crippen molar-refractivity contribution < 1.29 is 4.79 Å². The standard InChI is InChI=1S/C17H15BrN6OS/c1-24-16(12-5-4-6-13(18)9-12)22-23-17(24)26-11-15(25)21-20-10-14-7-2-3-8-19-14/h2-10H,11H2,1H3,(H,21,25)/b20-10+. The lowest BCUT2D eigenvalue weighted by Crippen LogP contribution is -2.20. The molecule has 0 spiro atoms. The molecule has 0 saturated heterocycles. The lowest BCUT2D eigenvalue weighted by molar-refractivity contribution is -0.118. The SMILES string of the molecule is Cn1c(SCC(=O)N/N=C/c2ccccn2)nnc1-c1cccc(Br)c1. The fourth-order valence-corrected chi connectivity index (χ4v) is 3.21. The maximum Gasteiger partial charge on any atom is 0.250 e. The monoisotopic (exact) mass is 430 g/mol. The van der Waals surface area contributed by atoms with E-state index in [-0.39, 0.29) is 11.7 Å². The third-order valence-corrected chi connectivity index (χ3v) is 4.84. The second-order valence-corrected chi connectivity index (χ2v) is 7.07. The first-order valence-corrected chi connectivity index (χ1v) is 9.42. The average molecular weight is 431 g/mol. The van der Waals surface area contributed by atoms with Gasteiger partial charge in [-0.1, -0.05) is 45.9 Å². The van der Waals surface area contributed by atoms with E-state index in [9.17, 15) is 4.79 Å².